The maximum atomic E-state index is 14.2. The average molecular weight is 943 g/mol. The van der Waals surface area contributed by atoms with Crippen molar-refractivity contribution in [3.63, 3.8) is 0 Å². The van der Waals surface area contributed by atoms with Gasteiger partial charge >= 0.3 is 12.1 Å². The van der Waals surface area contributed by atoms with Crippen molar-refractivity contribution in [1.82, 2.24) is 51.7 Å². The summed E-state index contributed by atoms with van der Waals surface area (Å²) in [6.07, 6.45) is 6.03. The molecule has 0 aromatic carbocycles. The van der Waals surface area contributed by atoms with Gasteiger partial charge in [0.25, 0.3) is 0 Å². The standard InChI is InChI=1S/C46H74N10O11/c1-14-17-30(51-41(61)33(22-29-23-47-25-55(29)12)52-45(65)67-46(9,10)11)38(58)53-36(27(5)6)43(63)56-20-16-19-34(56)42(62)48-24-35(57)49-32(21-26(3)4)40(60)50-31(18-15-2)39(59)54-37(28(7)8)44(64)66-13/h14-15,23,25-28,30-34,36-37H,1-2,16-22,24H2,3-13H3,(H,48,62)(H,49,57)(H,50,60)(H,51,61)(H,52,65)(H,53,58)(H,54,59)/t30-,31-,32-,33-,34+,36-,37-/m0/s1. The van der Waals surface area contributed by atoms with Crippen molar-refractivity contribution in [2.24, 2.45) is 24.8 Å². The van der Waals surface area contributed by atoms with Gasteiger partial charge in [-0.25, -0.2) is 14.6 Å². The molecule has 8 amide bonds. The first-order chi connectivity index (χ1) is 31.3. The minimum Gasteiger partial charge on any atom is -0.467 e. The molecule has 374 valence electrons. The summed E-state index contributed by atoms with van der Waals surface area (Å²) < 4.78 is 11.9. The highest BCUT2D eigenvalue weighted by Crippen LogP contribution is 2.21. The fraction of sp³-hybridized carbons (Fsp3) is 0.652. The van der Waals surface area contributed by atoms with Gasteiger partial charge in [0.1, 0.15) is 47.9 Å². The van der Waals surface area contributed by atoms with Crippen LogP contribution >= 0.6 is 0 Å². The molecule has 0 radical (unpaired) electrons. The van der Waals surface area contributed by atoms with Crippen LogP contribution in [0.15, 0.2) is 37.8 Å². The first kappa shape index (κ1) is 56.8. The van der Waals surface area contributed by atoms with Gasteiger partial charge in [0.05, 0.1) is 20.0 Å². The Hall–Kier alpha value is -6.28. The smallest absolute Gasteiger partial charge is 0.408 e. The number of rotatable bonds is 25. The molecule has 7 atom stereocenters. The van der Waals surface area contributed by atoms with Gasteiger partial charge in [-0.3, -0.25) is 33.6 Å². The number of hydrogen-bond donors (Lipinski definition) is 7. The zero-order valence-electron chi connectivity index (χ0n) is 41.0. The lowest BCUT2D eigenvalue weighted by Crippen LogP contribution is -2.60. The number of alkyl carbamates (subject to hydrolysis) is 1. The Labute approximate surface area is 394 Å². The molecule has 0 aliphatic carbocycles. The fourth-order valence-electron chi connectivity index (χ4n) is 7.15. The van der Waals surface area contributed by atoms with Crippen molar-refractivity contribution < 1.29 is 52.6 Å². The lowest BCUT2D eigenvalue weighted by atomic mass is 10.0. The SMILES string of the molecule is C=CC[C@H](NC(=O)[C@H](CC(C)C)NC(=O)CNC(=O)[C@H]1CCCN1C(=O)[C@@H](NC(=O)[C@H](CC=C)NC(=O)[C@H](Cc1cncn1C)NC(=O)OC(C)(C)C)C(C)C)C(=O)N[C@H](C(=O)OC)C(C)C. The number of carbonyl (C=O) groups excluding carboxylic acids is 9. The molecule has 67 heavy (non-hydrogen) atoms. The molecule has 21 heteroatoms. The molecule has 0 bridgehead atoms. The van der Waals surface area contributed by atoms with E-state index < -0.39 is 114 Å². The van der Waals surface area contributed by atoms with E-state index in [1.807, 2.05) is 13.8 Å². The molecule has 0 unspecified atom stereocenters. The number of likely N-dealkylation sites (tertiary alicyclic amines) is 1. The largest absolute Gasteiger partial charge is 0.467 e. The van der Waals surface area contributed by atoms with Gasteiger partial charge in [0, 0.05) is 31.9 Å². The maximum absolute atomic E-state index is 14.2. The highest BCUT2D eigenvalue weighted by atomic mass is 16.6. The Kier molecular flexibility index (Phi) is 22.7. The van der Waals surface area contributed by atoms with Crippen LogP contribution in [0.5, 0.6) is 0 Å². The Balaban J connectivity index is 2.17. The van der Waals surface area contributed by atoms with Crippen LogP contribution in [0.3, 0.4) is 0 Å². The average Bonchev–Trinajstić information content (AvgIpc) is 3.90. The molecule has 0 spiro atoms. The zero-order chi connectivity index (χ0) is 50.8. The summed E-state index contributed by atoms with van der Waals surface area (Å²) in [6.45, 7) is 22.6. The molecule has 21 nitrogen and oxygen atoms in total. The number of esters is 1. The summed E-state index contributed by atoms with van der Waals surface area (Å²) in [4.78, 5) is 126. The normalized spacial score (nSPS) is 16.3. The third-order valence-corrected chi connectivity index (χ3v) is 10.7. The molecule has 2 rings (SSSR count). The number of ether oxygens (including phenoxy) is 2. The van der Waals surface area contributed by atoms with Crippen molar-refractivity contribution in [3.8, 4) is 0 Å². The molecule has 0 saturated carbocycles. The van der Waals surface area contributed by atoms with Gasteiger partial charge in [-0.05, 0) is 70.6 Å². The minimum atomic E-state index is -1.21. The fourth-order valence-corrected chi connectivity index (χ4v) is 7.15. The van der Waals surface area contributed by atoms with E-state index in [4.69, 9.17) is 9.47 Å². The zero-order valence-corrected chi connectivity index (χ0v) is 41.0. The van der Waals surface area contributed by atoms with Gasteiger partial charge < -0.3 is 56.2 Å². The molecule has 1 aliphatic heterocycles. The molecular weight excluding hydrogens is 869 g/mol. The summed E-state index contributed by atoms with van der Waals surface area (Å²) in [5.41, 5.74) is -0.237. The second-order valence-electron chi connectivity index (χ2n) is 18.7. The lowest BCUT2D eigenvalue weighted by molar-refractivity contribution is -0.146. The number of amides is 8. The Bertz CT molecular complexity index is 1920. The topological polar surface area (TPSA) is 277 Å². The Morgan fingerprint density at radius 2 is 1.31 bits per heavy atom. The predicted molar refractivity (Wildman–Crippen MR) is 248 cm³/mol. The van der Waals surface area contributed by atoms with Crippen molar-refractivity contribution in [2.75, 3.05) is 20.2 Å². The molecule has 1 saturated heterocycles. The number of aromatic nitrogens is 2. The van der Waals surface area contributed by atoms with Crippen LogP contribution in [0.2, 0.25) is 0 Å². The maximum Gasteiger partial charge on any atom is 0.408 e. The summed E-state index contributed by atoms with van der Waals surface area (Å²) in [5, 5.41) is 18.5. The van der Waals surface area contributed by atoms with Crippen molar-refractivity contribution in [3.05, 3.63) is 43.5 Å². The molecular formula is C46H74N10O11. The quantitative estimate of drug-likeness (QED) is 0.0536. The van der Waals surface area contributed by atoms with Crippen LogP contribution < -0.4 is 37.2 Å². The van der Waals surface area contributed by atoms with E-state index in [1.165, 1.54) is 24.2 Å². The van der Waals surface area contributed by atoms with E-state index in [-0.39, 0.29) is 50.5 Å². The van der Waals surface area contributed by atoms with Crippen LogP contribution in [0, 0.1) is 17.8 Å². The van der Waals surface area contributed by atoms with Gasteiger partial charge in [-0.15, -0.1) is 13.2 Å². The minimum absolute atomic E-state index is 0.0154. The number of nitrogens with zero attached hydrogens (tertiary/aromatic N) is 3. The third-order valence-electron chi connectivity index (χ3n) is 10.7. The lowest BCUT2D eigenvalue weighted by Gasteiger charge is -2.31. The number of hydrogen-bond acceptors (Lipinski definition) is 12. The first-order valence-corrected chi connectivity index (χ1v) is 22.7. The summed E-state index contributed by atoms with van der Waals surface area (Å²) in [6, 6.07) is -7.69. The number of carbonyl (C=O) groups is 9. The van der Waals surface area contributed by atoms with Crippen LogP contribution in [0.4, 0.5) is 4.79 Å². The predicted octanol–water partition coefficient (Wildman–Crippen LogP) is 1.07. The third kappa shape index (κ3) is 18.5. The number of aryl methyl sites for hydroxylation is 1. The molecule has 1 fully saturated rings. The van der Waals surface area contributed by atoms with Crippen LogP contribution in [0.1, 0.15) is 100 Å². The van der Waals surface area contributed by atoms with E-state index in [0.717, 1.165) is 0 Å². The van der Waals surface area contributed by atoms with Crippen LogP contribution in [-0.2, 0) is 61.3 Å². The monoisotopic (exact) mass is 943 g/mol. The van der Waals surface area contributed by atoms with Gasteiger partial charge in [0.15, 0.2) is 0 Å². The van der Waals surface area contributed by atoms with E-state index in [9.17, 15) is 43.2 Å². The van der Waals surface area contributed by atoms with Gasteiger partial charge in [0.2, 0.25) is 41.4 Å². The van der Waals surface area contributed by atoms with E-state index in [0.29, 0.717) is 12.1 Å². The van der Waals surface area contributed by atoms with E-state index in [1.54, 1.807) is 72.6 Å². The van der Waals surface area contributed by atoms with Gasteiger partial charge in [-0.2, -0.15) is 0 Å². The van der Waals surface area contributed by atoms with E-state index >= 15 is 0 Å². The number of imidazole rings is 1. The summed E-state index contributed by atoms with van der Waals surface area (Å²) in [5.74, 6) is -6.09. The second-order valence-corrected chi connectivity index (χ2v) is 18.7. The molecule has 1 aromatic heterocycles. The summed E-state index contributed by atoms with van der Waals surface area (Å²) in [7, 11) is 2.93. The molecule has 1 aromatic rings. The van der Waals surface area contributed by atoms with Crippen LogP contribution in [0.25, 0.3) is 0 Å². The number of nitrogens with one attached hydrogen (secondary N) is 7. The second kappa shape index (κ2) is 26.8. The van der Waals surface area contributed by atoms with E-state index in [2.05, 4.69) is 55.4 Å². The van der Waals surface area contributed by atoms with Crippen molar-refractivity contribution >= 4 is 53.4 Å². The Morgan fingerprint density at radius 3 is 1.79 bits per heavy atom. The molecule has 1 aliphatic rings. The van der Waals surface area contributed by atoms with Crippen LogP contribution in [-0.4, -0.2) is 136 Å². The molecule has 7 N–H and O–H groups in total. The molecule has 2 heterocycles. The summed E-state index contributed by atoms with van der Waals surface area (Å²) >= 11 is 0. The highest BCUT2D eigenvalue weighted by molar-refractivity contribution is 5.97. The first-order valence-electron chi connectivity index (χ1n) is 22.7. The highest BCUT2D eigenvalue weighted by Gasteiger charge is 2.40. The Morgan fingerprint density at radius 1 is 0.776 bits per heavy atom. The van der Waals surface area contributed by atoms with Crippen molar-refractivity contribution in [1.29, 1.82) is 0 Å². The van der Waals surface area contributed by atoms with Crippen molar-refractivity contribution in [2.45, 2.75) is 149 Å². The number of methoxy groups -OCH3 is 1. The van der Waals surface area contributed by atoms with Gasteiger partial charge in [-0.1, -0.05) is 53.7 Å².